The van der Waals surface area contributed by atoms with Gasteiger partial charge in [0.15, 0.2) is 0 Å². The third-order valence-electron chi connectivity index (χ3n) is 3.30. The summed E-state index contributed by atoms with van der Waals surface area (Å²) in [7, 11) is 0. The third kappa shape index (κ3) is 5.82. The number of nitrogens with one attached hydrogen (secondary N) is 2. The molecular weight excluding hydrogens is 300 g/mol. The number of amides is 2. The molecular formula is C15H24N4O2S. The Balaban J connectivity index is 1.74. The van der Waals surface area contributed by atoms with Crippen molar-refractivity contribution in [1.82, 2.24) is 15.2 Å². The molecule has 2 N–H and O–H groups in total. The fourth-order valence-electron chi connectivity index (χ4n) is 2.30. The second-order valence-electron chi connectivity index (χ2n) is 5.23. The highest BCUT2D eigenvalue weighted by molar-refractivity contribution is 7.99. The number of ether oxygens (including phenoxy) is 1. The summed E-state index contributed by atoms with van der Waals surface area (Å²) >= 11 is 1.68. The number of rotatable bonds is 6. The molecule has 122 valence electrons. The van der Waals surface area contributed by atoms with Gasteiger partial charge in [0.05, 0.1) is 30.1 Å². The Hall–Kier alpha value is -1.31. The number of nitrogens with zero attached hydrogens (tertiary/aromatic N) is 2. The number of morpholine rings is 1. The van der Waals surface area contributed by atoms with Crippen molar-refractivity contribution < 1.29 is 9.53 Å². The molecule has 1 unspecified atom stereocenters. The van der Waals surface area contributed by atoms with Crippen LogP contribution in [0, 0.1) is 0 Å². The van der Waals surface area contributed by atoms with Gasteiger partial charge in [-0.15, -0.1) is 11.8 Å². The standard InChI is InChI=1S/C15H24N4O2S/c1-3-22-14-5-4-13(10-16-14)18-15(20)17-12(2)11-19-6-8-21-9-7-19/h4-5,10,12H,3,6-9,11H2,1-2H3,(H2,17,18,20). The predicted molar refractivity (Wildman–Crippen MR) is 89.5 cm³/mol. The number of pyridine rings is 1. The Morgan fingerprint density at radius 3 is 2.86 bits per heavy atom. The fraction of sp³-hybridized carbons (Fsp3) is 0.600. The molecule has 2 amide bonds. The Kier molecular flexibility index (Phi) is 6.95. The summed E-state index contributed by atoms with van der Waals surface area (Å²) in [5, 5.41) is 6.73. The number of carbonyl (C=O) groups excluding carboxylic acids is 1. The molecule has 22 heavy (non-hydrogen) atoms. The van der Waals surface area contributed by atoms with Gasteiger partial charge in [-0.3, -0.25) is 4.90 Å². The third-order valence-corrected chi connectivity index (χ3v) is 4.13. The van der Waals surface area contributed by atoms with Gasteiger partial charge in [-0.25, -0.2) is 9.78 Å². The van der Waals surface area contributed by atoms with E-state index >= 15 is 0 Å². The molecule has 0 aliphatic carbocycles. The van der Waals surface area contributed by atoms with Gasteiger partial charge in [-0.05, 0) is 24.8 Å². The SMILES string of the molecule is CCSc1ccc(NC(=O)NC(C)CN2CCOCC2)cn1. The van der Waals surface area contributed by atoms with Gasteiger partial charge in [0.1, 0.15) is 0 Å². The van der Waals surface area contributed by atoms with Crippen molar-refractivity contribution in [2.45, 2.75) is 24.9 Å². The molecule has 1 aliphatic rings. The molecule has 2 rings (SSSR count). The van der Waals surface area contributed by atoms with Crippen LogP contribution in [0.3, 0.4) is 0 Å². The van der Waals surface area contributed by atoms with E-state index in [1.54, 1.807) is 18.0 Å². The molecule has 1 fully saturated rings. The van der Waals surface area contributed by atoms with Crippen LogP contribution in [0.1, 0.15) is 13.8 Å². The first kappa shape index (κ1) is 17.1. The molecule has 6 nitrogen and oxygen atoms in total. The van der Waals surface area contributed by atoms with Crippen LogP contribution in [0.15, 0.2) is 23.4 Å². The lowest BCUT2D eigenvalue weighted by atomic mass is 10.3. The largest absolute Gasteiger partial charge is 0.379 e. The Bertz CT molecular complexity index is 463. The first-order valence-electron chi connectivity index (χ1n) is 7.64. The molecule has 0 saturated carbocycles. The van der Waals surface area contributed by atoms with Gasteiger partial charge in [0.2, 0.25) is 0 Å². The average Bonchev–Trinajstić information content (AvgIpc) is 2.50. The summed E-state index contributed by atoms with van der Waals surface area (Å²) in [6.07, 6.45) is 1.68. The lowest BCUT2D eigenvalue weighted by molar-refractivity contribution is 0.0350. The fourth-order valence-corrected chi connectivity index (χ4v) is 2.88. The van der Waals surface area contributed by atoms with Crippen LogP contribution >= 0.6 is 11.8 Å². The molecule has 7 heteroatoms. The van der Waals surface area contributed by atoms with Crippen molar-refractivity contribution in [3.05, 3.63) is 18.3 Å². The Morgan fingerprint density at radius 1 is 1.45 bits per heavy atom. The van der Waals surface area contributed by atoms with E-state index in [1.807, 2.05) is 19.1 Å². The monoisotopic (exact) mass is 324 g/mol. The van der Waals surface area contributed by atoms with Gasteiger partial charge >= 0.3 is 6.03 Å². The van der Waals surface area contributed by atoms with Crippen molar-refractivity contribution in [1.29, 1.82) is 0 Å². The van der Waals surface area contributed by atoms with Crippen molar-refractivity contribution >= 4 is 23.5 Å². The van der Waals surface area contributed by atoms with Crippen molar-refractivity contribution in [3.63, 3.8) is 0 Å². The quantitative estimate of drug-likeness (QED) is 0.784. The van der Waals surface area contributed by atoms with E-state index < -0.39 is 0 Å². The second-order valence-corrected chi connectivity index (χ2v) is 6.51. The number of urea groups is 1. The van der Waals surface area contributed by atoms with Crippen LogP contribution < -0.4 is 10.6 Å². The second kappa shape index (κ2) is 8.97. The van der Waals surface area contributed by atoms with Gasteiger partial charge in [-0.1, -0.05) is 6.92 Å². The molecule has 2 heterocycles. The number of anilines is 1. The molecule has 1 aromatic rings. The van der Waals surface area contributed by atoms with E-state index in [0.717, 1.165) is 43.6 Å². The van der Waals surface area contributed by atoms with E-state index in [9.17, 15) is 4.79 Å². The van der Waals surface area contributed by atoms with Crippen molar-refractivity contribution in [2.24, 2.45) is 0 Å². The number of hydrogen-bond acceptors (Lipinski definition) is 5. The van der Waals surface area contributed by atoms with Gasteiger partial charge in [0, 0.05) is 25.7 Å². The maximum atomic E-state index is 12.0. The minimum absolute atomic E-state index is 0.0842. The lowest BCUT2D eigenvalue weighted by Crippen LogP contribution is -2.47. The number of hydrogen-bond donors (Lipinski definition) is 2. The molecule has 0 radical (unpaired) electrons. The number of aromatic nitrogens is 1. The van der Waals surface area contributed by atoms with E-state index in [4.69, 9.17) is 4.74 Å². The van der Waals surface area contributed by atoms with E-state index in [-0.39, 0.29) is 12.1 Å². The molecule has 1 aliphatic heterocycles. The minimum atomic E-state index is -0.196. The lowest BCUT2D eigenvalue weighted by Gasteiger charge is -2.29. The van der Waals surface area contributed by atoms with E-state index in [1.165, 1.54) is 0 Å². The number of thioether (sulfide) groups is 1. The van der Waals surface area contributed by atoms with Crippen LogP contribution in [-0.4, -0.2) is 60.6 Å². The Labute approximate surface area is 136 Å². The summed E-state index contributed by atoms with van der Waals surface area (Å²) in [5.41, 5.74) is 0.705. The first-order valence-corrected chi connectivity index (χ1v) is 8.62. The summed E-state index contributed by atoms with van der Waals surface area (Å²) in [6, 6.07) is 3.68. The molecule has 1 atom stereocenters. The van der Waals surface area contributed by atoms with Crippen LogP contribution in [0.5, 0.6) is 0 Å². The highest BCUT2D eigenvalue weighted by atomic mass is 32.2. The first-order chi connectivity index (χ1) is 10.7. The van der Waals surface area contributed by atoms with Gasteiger partial charge < -0.3 is 15.4 Å². The highest BCUT2D eigenvalue weighted by Gasteiger charge is 2.15. The van der Waals surface area contributed by atoms with Crippen LogP contribution in [0.25, 0.3) is 0 Å². The maximum absolute atomic E-state index is 12.0. The molecule has 1 aromatic heterocycles. The Morgan fingerprint density at radius 2 is 2.23 bits per heavy atom. The average molecular weight is 324 g/mol. The topological polar surface area (TPSA) is 66.5 Å². The van der Waals surface area contributed by atoms with Gasteiger partial charge in [0.25, 0.3) is 0 Å². The number of carbonyl (C=O) groups is 1. The summed E-state index contributed by atoms with van der Waals surface area (Å²) in [5.74, 6) is 0.985. The predicted octanol–water partition coefficient (Wildman–Crippen LogP) is 2.04. The van der Waals surface area contributed by atoms with Crippen molar-refractivity contribution in [3.8, 4) is 0 Å². The van der Waals surface area contributed by atoms with E-state index in [2.05, 4.69) is 27.4 Å². The zero-order chi connectivity index (χ0) is 15.8. The van der Waals surface area contributed by atoms with Crippen LogP contribution in [0.2, 0.25) is 0 Å². The van der Waals surface area contributed by atoms with Crippen LogP contribution in [-0.2, 0) is 4.74 Å². The van der Waals surface area contributed by atoms with E-state index in [0.29, 0.717) is 5.69 Å². The smallest absolute Gasteiger partial charge is 0.319 e. The van der Waals surface area contributed by atoms with Gasteiger partial charge in [-0.2, -0.15) is 0 Å². The zero-order valence-corrected chi connectivity index (χ0v) is 14.0. The van der Waals surface area contributed by atoms with Crippen LogP contribution in [0.4, 0.5) is 10.5 Å². The minimum Gasteiger partial charge on any atom is -0.379 e. The van der Waals surface area contributed by atoms with Crippen molar-refractivity contribution in [2.75, 3.05) is 43.9 Å². The normalized spacial score (nSPS) is 17.0. The summed E-state index contributed by atoms with van der Waals surface area (Å²) < 4.78 is 5.32. The molecule has 0 aromatic carbocycles. The zero-order valence-electron chi connectivity index (χ0n) is 13.2. The molecule has 1 saturated heterocycles. The summed E-state index contributed by atoms with van der Waals surface area (Å²) in [6.45, 7) is 8.32. The summed E-state index contributed by atoms with van der Waals surface area (Å²) in [4.78, 5) is 18.6. The molecule has 0 bridgehead atoms. The maximum Gasteiger partial charge on any atom is 0.319 e. The molecule has 0 spiro atoms. The highest BCUT2D eigenvalue weighted by Crippen LogP contribution is 2.16.